The van der Waals surface area contributed by atoms with E-state index in [1.807, 2.05) is 127 Å². The molecule has 1 aromatic heterocycles. The second-order valence-electron chi connectivity index (χ2n) is 12.2. The zero-order valence-corrected chi connectivity index (χ0v) is 26.9. The van der Waals surface area contributed by atoms with Crippen molar-refractivity contribution in [2.45, 2.75) is 0 Å². The normalized spacial score (nSPS) is 12.3. The van der Waals surface area contributed by atoms with E-state index < -0.39 is 0 Å². The van der Waals surface area contributed by atoms with Gasteiger partial charge in [-0.1, -0.05) is 170 Å². The van der Waals surface area contributed by atoms with Crippen molar-refractivity contribution < 1.29 is 5.48 Å². The van der Waals surface area contributed by atoms with E-state index in [9.17, 15) is 1.37 Å². The summed E-state index contributed by atoms with van der Waals surface area (Å²) >= 11 is 0. The predicted octanol–water partition coefficient (Wildman–Crippen LogP) is 12.2. The molecule has 0 radical (unpaired) electrons. The highest BCUT2D eigenvalue weighted by Gasteiger charge is 2.15. The molecule has 1 heterocycles. The Morgan fingerprint density at radius 2 is 0.840 bits per heavy atom. The molecule has 0 fully saturated rings. The van der Waals surface area contributed by atoms with E-state index in [1.165, 1.54) is 0 Å². The van der Waals surface area contributed by atoms with Gasteiger partial charge in [-0.05, 0) is 73.1 Å². The van der Waals surface area contributed by atoms with Crippen molar-refractivity contribution in [3.05, 3.63) is 188 Å². The van der Waals surface area contributed by atoms with Crippen molar-refractivity contribution in [1.82, 2.24) is 15.0 Å². The van der Waals surface area contributed by atoms with Crippen LogP contribution in [0.25, 0.3) is 89.1 Å². The maximum Gasteiger partial charge on any atom is 0.164 e. The molecule has 3 nitrogen and oxygen atoms in total. The van der Waals surface area contributed by atoms with Crippen LogP contribution < -0.4 is 0 Å². The highest BCUT2D eigenvalue weighted by Crippen LogP contribution is 2.33. The van der Waals surface area contributed by atoms with Gasteiger partial charge in [0, 0.05) is 16.7 Å². The number of fused-ring (bicyclic) bond motifs is 2. The van der Waals surface area contributed by atoms with Crippen molar-refractivity contribution >= 4 is 21.5 Å². The van der Waals surface area contributed by atoms with Crippen LogP contribution >= 0.6 is 0 Å². The Balaban J connectivity index is 1.22. The van der Waals surface area contributed by atoms with Gasteiger partial charge in [0.1, 0.15) is 0 Å². The summed E-state index contributed by atoms with van der Waals surface area (Å²) in [6.07, 6.45) is 0. The molecule has 9 rings (SSSR count). The molecular weight excluding hydrogens is 607 g/mol. The molecule has 0 bridgehead atoms. The molecule has 0 saturated carbocycles. The van der Waals surface area contributed by atoms with Crippen molar-refractivity contribution in [3.8, 4) is 67.5 Å². The van der Waals surface area contributed by atoms with Crippen LogP contribution in [0.4, 0.5) is 0 Å². The minimum Gasteiger partial charge on any atom is -0.208 e. The summed E-state index contributed by atoms with van der Waals surface area (Å²) in [5, 5.41) is 3.93. The highest BCUT2D eigenvalue weighted by atomic mass is 15.0. The molecule has 0 aliphatic rings. The minimum absolute atomic E-state index is 0.0802. The van der Waals surface area contributed by atoms with Crippen LogP contribution in [-0.2, 0) is 0 Å². The van der Waals surface area contributed by atoms with Crippen molar-refractivity contribution in [2.75, 3.05) is 0 Å². The second-order valence-corrected chi connectivity index (χ2v) is 12.2. The van der Waals surface area contributed by atoms with Crippen LogP contribution in [0.1, 0.15) is 5.48 Å². The van der Waals surface area contributed by atoms with Crippen LogP contribution in [0.2, 0.25) is 0 Å². The maximum absolute atomic E-state index is 9.54. The smallest absolute Gasteiger partial charge is 0.164 e. The predicted molar refractivity (Wildman–Crippen MR) is 207 cm³/mol. The maximum atomic E-state index is 9.54. The fourth-order valence-corrected chi connectivity index (χ4v) is 6.41. The molecular formula is C47H31N3. The fourth-order valence-electron chi connectivity index (χ4n) is 6.41. The SMILES string of the molecule is [2H]c1c([2H])c(-c2ccc3cc(-c4ccccc4)ccc3c2)c([2H])c(-c2nc(-c3ccc(-c4ccccc4)cc3)nc(-c3cccc4ccccc34)n2)c1[2H]. The van der Waals surface area contributed by atoms with Crippen LogP contribution in [0, 0.1) is 0 Å². The molecule has 234 valence electrons. The van der Waals surface area contributed by atoms with Crippen LogP contribution in [0.5, 0.6) is 0 Å². The standard InChI is InChI=1S/C47H31N3/c1-3-11-32(12-4-1)34-21-23-36(24-22-34)45-48-46(50-47(49-45)44-20-10-16-35-15-7-8-19-43(35)44)42-18-9-17-37(31-42)39-27-28-40-29-38(25-26-41(40)30-39)33-13-5-2-6-14-33/h1-31H/i9D,17D,18D,31D. The molecule has 50 heavy (non-hydrogen) atoms. The number of hydrogen-bond acceptors (Lipinski definition) is 3. The quantitative estimate of drug-likeness (QED) is 0.181. The Morgan fingerprint density at radius 1 is 0.340 bits per heavy atom. The van der Waals surface area contributed by atoms with Gasteiger partial charge >= 0.3 is 0 Å². The van der Waals surface area contributed by atoms with Gasteiger partial charge < -0.3 is 0 Å². The van der Waals surface area contributed by atoms with E-state index in [4.69, 9.17) is 19.1 Å². The Labute approximate surface area is 296 Å². The molecule has 0 N–H and O–H groups in total. The second kappa shape index (κ2) is 12.7. The van der Waals surface area contributed by atoms with E-state index >= 15 is 0 Å². The Hall–Kier alpha value is -6.71. The molecule has 8 aromatic carbocycles. The topological polar surface area (TPSA) is 38.7 Å². The van der Waals surface area contributed by atoms with Crippen molar-refractivity contribution in [1.29, 1.82) is 0 Å². The zero-order chi connectivity index (χ0) is 36.8. The lowest BCUT2D eigenvalue weighted by Crippen LogP contribution is -2.00. The Kier molecular flexibility index (Phi) is 6.44. The summed E-state index contributed by atoms with van der Waals surface area (Å²) in [7, 11) is 0. The summed E-state index contributed by atoms with van der Waals surface area (Å²) in [5.41, 5.74) is 6.81. The Morgan fingerprint density at radius 3 is 1.56 bits per heavy atom. The zero-order valence-electron chi connectivity index (χ0n) is 30.9. The van der Waals surface area contributed by atoms with Crippen LogP contribution in [0.15, 0.2) is 188 Å². The number of hydrogen-bond donors (Lipinski definition) is 0. The first-order chi connectivity index (χ1) is 26.4. The van der Waals surface area contributed by atoms with Gasteiger partial charge in [-0.25, -0.2) is 15.0 Å². The summed E-state index contributed by atoms with van der Waals surface area (Å²) in [6, 6.07) is 53.4. The monoisotopic (exact) mass is 641 g/mol. The van der Waals surface area contributed by atoms with Gasteiger partial charge in [0.05, 0.1) is 5.48 Å². The molecule has 0 amide bonds. The van der Waals surface area contributed by atoms with Gasteiger partial charge in [0.15, 0.2) is 17.5 Å². The molecule has 0 aliphatic heterocycles. The van der Waals surface area contributed by atoms with Crippen molar-refractivity contribution in [3.63, 3.8) is 0 Å². The van der Waals surface area contributed by atoms with E-state index in [-0.39, 0.29) is 41.1 Å². The van der Waals surface area contributed by atoms with E-state index in [0.29, 0.717) is 17.2 Å². The number of nitrogens with zero attached hydrogens (tertiary/aromatic N) is 3. The fraction of sp³-hybridized carbons (Fsp3) is 0. The average Bonchev–Trinajstić information content (AvgIpc) is 3.23. The third kappa shape index (κ3) is 5.72. The molecule has 9 aromatic rings. The minimum atomic E-state index is -0.295. The third-order valence-corrected chi connectivity index (χ3v) is 9.00. The third-order valence-electron chi connectivity index (χ3n) is 9.00. The molecule has 0 unspecified atom stereocenters. The van der Waals surface area contributed by atoms with Crippen LogP contribution in [-0.4, -0.2) is 15.0 Å². The van der Waals surface area contributed by atoms with E-state index in [0.717, 1.165) is 54.9 Å². The lowest BCUT2D eigenvalue weighted by Gasteiger charge is -2.12. The molecule has 0 spiro atoms. The average molecular weight is 642 g/mol. The molecule has 0 aliphatic carbocycles. The van der Waals surface area contributed by atoms with Gasteiger partial charge in [-0.2, -0.15) is 0 Å². The number of aromatic nitrogens is 3. The number of benzene rings is 8. The first kappa shape index (κ1) is 25.3. The van der Waals surface area contributed by atoms with Crippen molar-refractivity contribution in [2.24, 2.45) is 0 Å². The Bertz CT molecular complexity index is 2850. The number of rotatable bonds is 6. The lowest BCUT2D eigenvalue weighted by atomic mass is 9.97. The lowest BCUT2D eigenvalue weighted by molar-refractivity contribution is 1.08. The summed E-state index contributed by atoms with van der Waals surface area (Å²) in [4.78, 5) is 14.8. The first-order valence-electron chi connectivity index (χ1n) is 18.5. The van der Waals surface area contributed by atoms with Gasteiger partial charge in [0.2, 0.25) is 0 Å². The molecule has 0 atom stereocenters. The van der Waals surface area contributed by atoms with E-state index in [2.05, 4.69) is 36.4 Å². The molecule has 0 saturated heterocycles. The van der Waals surface area contributed by atoms with Crippen LogP contribution in [0.3, 0.4) is 0 Å². The van der Waals surface area contributed by atoms with Gasteiger partial charge in [-0.3, -0.25) is 0 Å². The highest BCUT2D eigenvalue weighted by molar-refractivity contribution is 5.95. The summed E-state index contributed by atoms with van der Waals surface area (Å²) in [5.74, 6) is 0.873. The van der Waals surface area contributed by atoms with Gasteiger partial charge in [-0.15, -0.1) is 0 Å². The molecule has 3 heteroatoms. The van der Waals surface area contributed by atoms with E-state index in [1.54, 1.807) is 0 Å². The summed E-state index contributed by atoms with van der Waals surface area (Å²) in [6.45, 7) is 0. The largest absolute Gasteiger partial charge is 0.208 e. The first-order valence-corrected chi connectivity index (χ1v) is 16.5. The van der Waals surface area contributed by atoms with Gasteiger partial charge in [0.25, 0.3) is 0 Å². The summed E-state index contributed by atoms with van der Waals surface area (Å²) < 4.78 is 36.5.